The van der Waals surface area contributed by atoms with Crippen molar-refractivity contribution in [1.29, 1.82) is 0 Å². The van der Waals surface area contributed by atoms with Crippen LogP contribution in [0.2, 0.25) is 0 Å². The van der Waals surface area contributed by atoms with Crippen molar-refractivity contribution in [3.63, 3.8) is 0 Å². The molecular formula is C50H66O6. The van der Waals surface area contributed by atoms with E-state index in [9.17, 15) is 10.2 Å². The van der Waals surface area contributed by atoms with E-state index in [2.05, 4.69) is 132 Å². The molecule has 0 aromatic heterocycles. The summed E-state index contributed by atoms with van der Waals surface area (Å²) in [6.45, 7) is 29.3. The molecule has 0 spiro atoms. The fourth-order valence-electron chi connectivity index (χ4n) is 7.74. The quantitative estimate of drug-likeness (QED) is 0.164. The van der Waals surface area contributed by atoms with Gasteiger partial charge >= 0.3 is 0 Å². The number of hydrogen-bond acceptors (Lipinski definition) is 6. The Labute approximate surface area is 336 Å². The Morgan fingerprint density at radius 2 is 0.554 bits per heavy atom. The van der Waals surface area contributed by atoms with Crippen LogP contribution < -0.4 is 9.47 Å². The van der Waals surface area contributed by atoms with Crippen LogP contribution in [0.15, 0.2) is 48.5 Å². The summed E-state index contributed by atoms with van der Waals surface area (Å²) in [7, 11) is 0. The van der Waals surface area contributed by atoms with Gasteiger partial charge in [0.25, 0.3) is 0 Å². The van der Waals surface area contributed by atoms with Gasteiger partial charge in [0.05, 0.1) is 26.4 Å². The van der Waals surface area contributed by atoms with Gasteiger partial charge in [-0.25, -0.2) is 0 Å². The molecule has 0 fully saturated rings. The van der Waals surface area contributed by atoms with E-state index in [1.807, 2.05) is 0 Å². The minimum atomic E-state index is -0.176. The van der Waals surface area contributed by atoms with Crippen LogP contribution in [-0.4, -0.2) is 49.9 Å². The largest absolute Gasteiger partial charge is 0.507 e. The monoisotopic (exact) mass is 762 g/mol. The molecule has 56 heavy (non-hydrogen) atoms. The lowest BCUT2D eigenvalue weighted by Crippen LogP contribution is -2.17. The molecule has 4 aromatic carbocycles. The lowest BCUT2D eigenvalue weighted by atomic mass is 9.79. The Kier molecular flexibility index (Phi) is 11.7. The molecule has 6 nitrogen and oxygen atoms in total. The van der Waals surface area contributed by atoms with E-state index in [-0.39, 0.29) is 33.2 Å². The normalized spacial score (nSPS) is 16.1. The first-order chi connectivity index (χ1) is 26.1. The molecular weight excluding hydrogens is 697 g/mol. The third-order valence-electron chi connectivity index (χ3n) is 11.3. The van der Waals surface area contributed by atoms with E-state index in [0.29, 0.717) is 65.3 Å². The molecule has 1 aliphatic carbocycles. The lowest BCUT2D eigenvalue weighted by molar-refractivity contribution is 0.0273. The smallest absolute Gasteiger partial charge is 0.126 e. The molecule has 0 saturated carbocycles. The van der Waals surface area contributed by atoms with E-state index in [1.165, 1.54) is 11.1 Å². The first kappa shape index (κ1) is 41.6. The molecule has 0 amide bonds. The van der Waals surface area contributed by atoms with Crippen molar-refractivity contribution in [3.8, 4) is 23.0 Å². The standard InChI is InChI=1S/C50H66O6/c1-47(2,3)39-23-31-19-32-24-40(48(4,5)6)26-34(44(32)52)21-36-28-42(50(10,11)12)30-38-22-37-29-41(49(7,8)9)27-35(20-33(25-39)43(31)51)45(37)55-17-15-53-13-14-54-16-18-56-46(36)38/h23-30,51-52H,13-22H2,1-12H3. The van der Waals surface area contributed by atoms with Gasteiger partial charge in [0.2, 0.25) is 0 Å². The van der Waals surface area contributed by atoms with Crippen LogP contribution in [0.1, 0.15) is 150 Å². The van der Waals surface area contributed by atoms with Crippen LogP contribution >= 0.6 is 0 Å². The minimum absolute atomic E-state index is 0.148. The van der Waals surface area contributed by atoms with E-state index in [4.69, 9.17) is 18.9 Å². The maximum Gasteiger partial charge on any atom is 0.126 e. The summed E-state index contributed by atoms with van der Waals surface area (Å²) < 4.78 is 25.5. The number of ether oxygens (including phenoxy) is 4. The van der Waals surface area contributed by atoms with Crippen molar-refractivity contribution in [3.05, 3.63) is 115 Å². The highest BCUT2D eigenvalue weighted by molar-refractivity contribution is 5.59. The molecule has 6 heteroatoms. The van der Waals surface area contributed by atoms with Gasteiger partial charge in [0.1, 0.15) is 36.2 Å². The molecule has 0 saturated heterocycles. The van der Waals surface area contributed by atoms with Gasteiger partial charge in [0, 0.05) is 25.7 Å². The number of phenolic OH excluding ortho intramolecular Hbond substituents is 2. The van der Waals surface area contributed by atoms with Crippen LogP contribution in [0.4, 0.5) is 0 Å². The predicted octanol–water partition coefficient (Wildman–Crippen LogP) is 10.8. The summed E-state index contributed by atoms with van der Waals surface area (Å²) in [5, 5.41) is 24.5. The van der Waals surface area contributed by atoms with Crippen molar-refractivity contribution >= 4 is 0 Å². The van der Waals surface area contributed by atoms with Gasteiger partial charge in [-0.3, -0.25) is 0 Å². The van der Waals surface area contributed by atoms with E-state index < -0.39 is 0 Å². The second-order valence-corrected chi connectivity index (χ2v) is 20.2. The molecule has 1 aliphatic heterocycles. The highest BCUT2D eigenvalue weighted by Gasteiger charge is 2.28. The number of benzene rings is 4. The van der Waals surface area contributed by atoms with Gasteiger partial charge in [-0.15, -0.1) is 0 Å². The number of rotatable bonds is 0. The molecule has 0 unspecified atom stereocenters. The van der Waals surface area contributed by atoms with Gasteiger partial charge < -0.3 is 29.2 Å². The zero-order valence-electron chi connectivity index (χ0n) is 36.2. The fraction of sp³-hybridized carbons (Fsp3) is 0.520. The Hall–Kier alpha value is -4.00. The zero-order valence-corrected chi connectivity index (χ0v) is 36.2. The number of fused-ring (bicyclic) bond motifs is 4. The Bertz CT molecular complexity index is 1920. The maximum absolute atomic E-state index is 12.3. The first-order valence-electron chi connectivity index (χ1n) is 20.5. The summed E-state index contributed by atoms with van der Waals surface area (Å²) >= 11 is 0. The second kappa shape index (κ2) is 15.7. The fourth-order valence-corrected chi connectivity index (χ4v) is 7.74. The molecule has 2 aliphatic rings. The summed E-state index contributed by atoms with van der Waals surface area (Å²) in [6.07, 6.45) is 1.89. The van der Waals surface area contributed by atoms with Gasteiger partial charge in [-0.2, -0.15) is 0 Å². The third-order valence-corrected chi connectivity index (χ3v) is 11.3. The van der Waals surface area contributed by atoms with Crippen LogP contribution in [0.3, 0.4) is 0 Å². The van der Waals surface area contributed by atoms with E-state index in [0.717, 1.165) is 67.1 Å². The molecule has 4 aromatic rings. The highest BCUT2D eigenvalue weighted by Crippen LogP contribution is 2.43. The van der Waals surface area contributed by atoms with E-state index in [1.54, 1.807) is 0 Å². The summed E-state index contributed by atoms with van der Waals surface area (Å²) in [4.78, 5) is 0. The number of aromatic hydroxyl groups is 2. The Morgan fingerprint density at radius 1 is 0.339 bits per heavy atom. The molecule has 10 bridgehead atoms. The van der Waals surface area contributed by atoms with Gasteiger partial charge in [0.15, 0.2) is 0 Å². The average Bonchev–Trinajstić information content (AvgIpc) is 3.08. The number of phenols is 2. The van der Waals surface area contributed by atoms with Crippen LogP contribution in [0.5, 0.6) is 23.0 Å². The average molecular weight is 763 g/mol. The van der Waals surface area contributed by atoms with E-state index >= 15 is 0 Å². The molecule has 6 rings (SSSR count). The van der Waals surface area contributed by atoms with Crippen molar-refractivity contribution < 1.29 is 29.2 Å². The molecule has 0 radical (unpaired) electrons. The second-order valence-electron chi connectivity index (χ2n) is 20.2. The summed E-state index contributed by atoms with van der Waals surface area (Å²) in [6, 6.07) is 17.7. The predicted molar refractivity (Wildman–Crippen MR) is 228 cm³/mol. The number of hydrogen-bond donors (Lipinski definition) is 2. The zero-order chi connectivity index (χ0) is 40.8. The summed E-state index contributed by atoms with van der Waals surface area (Å²) in [5.74, 6) is 2.18. The van der Waals surface area contributed by atoms with Crippen molar-refractivity contribution in [2.45, 2.75) is 130 Å². The van der Waals surface area contributed by atoms with Gasteiger partial charge in [-0.05, 0) is 88.4 Å². The van der Waals surface area contributed by atoms with Crippen LogP contribution in [0, 0.1) is 0 Å². The Morgan fingerprint density at radius 3 is 0.821 bits per heavy atom. The van der Waals surface area contributed by atoms with Crippen molar-refractivity contribution in [1.82, 2.24) is 0 Å². The van der Waals surface area contributed by atoms with Crippen molar-refractivity contribution in [2.24, 2.45) is 0 Å². The Balaban J connectivity index is 1.74. The van der Waals surface area contributed by atoms with Gasteiger partial charge in [-0.1, -0.05) is 132 Å². The summed E-state index contributed by atoms with van der Waals surface area (Å²) in [5.41, 5.74) is 11.5. The maximum atomic E-state index is 12.3. The van der Waals surface area contributed by atoms with Crippen LogP contribution in [-0.2, 0) is 56.8 Å². The molecule has 0 atom stereocenters. The third kappa shape index (κ3) is 9.40. The van der Waals surface area contributed by atoms with Crippen LogP contribution in [0.25, 0.3) is 0 Å². The SMILES string of the molecule is CC(C)(C)c1cc2c(O)c(c1)Cc1cc(C(C)(C)C)cc3c1OCCOCCOCCOc1c(cc(C(C)(C)C)cc1C3)Cc1cc(C(C)(C)C)cc(c1O)C2. The topological polar surface area (TPSA) is 77.4 Å². The van der Waals surface area contributed by atoms with Crippen molar-refractivity contribution in [2.75, 3.05) is 39.6 Å². The lowest BCUT2D eigenvalue weighted by Gasteiger charge is -2.28. The molecule has 302 valence electrons. The molecule has 1 heterocycles. The highest BCUT2D eigenvalue weighted by atomic mass is 16.6. The molecule has 2 N–H and O–H groups in total. The first-order valence-corrected chi connectivity index (χ1v) is 20.5. The minimum Gasteiger partial charge on any atom is -0.507 e.